The summed E-state index contributed by atoms with van der Waals surface area (Å²) in [6.45, 7) is 6.18. The number of halogens is 1. The van der Waals surface area contributed by atoms with Gasteiger partial charge < -0.3 is 0 Å². The van der Waals surface area contributed by atoms with Crippen LogP contribution >= 0.6 is 0 Å². The Labute approximate surface area is 82.1 Å². The van der Waals surface area contributed by atoms with E-state index in [1.54, 1.807) is 6.07 Å². The van der Waals surface area contributed by atoms with Gasteiger partial charge in [0.25, 0.3) is 0 Å². The molecule has 1 heterocycles. The van der Waals surface area contributed by atoms with Crippen molar-refractivity contribution in [3.8, 4) is 0 Å². The second-order valence-electron chi connectivity index (χ2n) is 4.54. The normalized spacial score (nSPS) is 12.3. The fourth-order valence-electron chi connectivity index (χ4n) is 1.44. The summed E-state index contributed by atoms with van der Waals surface area (Å²) in [5.41, 5.74) is 1.70. The Bertz CT molecular complexity index is 466. The molecule has 1 N–H and O–H groups in total. The highest BCUT2D eigenvalue weighted by molar-refractivity contribution is 5.79. The van der Waals surface area contributed by atoms with Gasteiger partial charge in [-0.05, 0) is 23.1 Å². The minimum absolute atomic E-state index is 0.0415. The van der Waals surface area contributed by atoms with Crippen LogP contribution in [0.3, 0.4) is 0 Å². The minimum atomic E-state index is -0.207. The van der Waals surface area contributed by atoms with E-state index in [-0.39, 0.29) is 11.2 Å². The van der Waals surface area contributed by atoms with E-state index in [0.29, 0.717) is 5.39 Å². The van der Waals surface area contributed by atoms with Gasteiger partial charge in [0.2, 0.25) is 0 Å². The van der Waals surface area contributed by atoms with Crippen LogP contribution in [-0.4, -0.2) is 10.2 Å². The summed E-state index contributed by atoms with van der Waals surface area (Å²) < 4.78 is 13.6. The molecule has 1 aromatic heterocycles. The van der Waals surface area contributed by atoms with E-state index in [1.807, 2.05) is 6.07 Å². The van der Waals surface area contributed by atoms with Crippen molar-refractivity contribution in [3.05, 3.63) is 29.7 Å². The molecule has 1 aromatic carbocycles. The fraction of sp³-hybridized carbons (Fsp3) is 0.364. The van der Waals surface area contributed by atoms with Crippen LogP contribution in [0.5, 0.6) is 0 Å². The third-order valence-corrected chi connectivity index (χ3v) is 2.37. The second kappa shape index (κ2) is 2.80. The fourth-order valence-corrected chi connectivity index (χ4v) is 1.44. The van der Waals surface area contributed by atoms with Crippen LogP contribution < -0.4 is 0 Å². The number of aromatic nitrogens is 2. The molecule has 2 aromatic rings. The standard InChI is InChI=1S/C11H13FN2/c1-11(2,3)7-4-9(12)8-6-13-14-10(8)5-7/h4-6H,1-3H3,(H,13,14). The minimum Gasteiger partial charge on any atom is -0.278 e. The number of hydrogen-bond donors (Lipinski definition) is 1. The van der Waals surface area contributed by atoms with Crippen molar-refractivity contribution in [2.45, 2.75) is 26.2 Å². The molecule has 0 aliphatic rings. The third-order valence-electron chi connectivity index (χ3n) is 2.37. The summed E-state index contributed by atoms with van der Waals surface area (Å²) >= 11 is 0. The molecule has 0 aliphatic carbocycles. The van der Waals surface area contributed by atoms with Crippen molar-refractivity contribution in [1.82, 2.24) is 10.2 Å². The van der Waals surface area contributed by atoms with Crippen LogP contribution in [0.4, 0.5) is 4.39 Å². The zero-order valence-corrected chi connectivity index (χ0v) is 8.56. The Morgan fingerprint density at radius 2 is 2.00 bits per heavy atom. The molecule has 0 radical (unpaired) electrons. The Morgan fingerprint density at radius 1 is 1.29 bits per heavy atom. The molecular weight excluding hydrogens is 179 g/mol. The largest absolute Gasteiger partial charge is 0.278 e. The lowest BCUT2D eigenvalue weighted by atomic mass is 9.86. The number of rotatable bonds is 0. The summed E-state index contributed by atoms with van der Waals surface area (Å²) in [6, 6.07) is 3.53. The average molecular weight is 192 g/mol. The van der Waals surface area contributed by atoms with Crippen LogP contribution in [-0.2, 0) is 5.41 Å². The highest BCUT2D eigenvalue weighted by Crippen LogP contribution is 2.26. The van der Waals surface area contributed by atoms with E-state index in [2.05, 4.69) is 31.0 Å². The molecule has 0 fully saturated rings. The summed E-state index contributed by atoms with van der Waals surface area (Å²) in [7, 11) is 0. The third kappa shape index (κ3) is 1.39. The van der Waals surface area contributed by atoms with Gasteiger partial charge in [0.05, 0.1) is 17.1 Å². The van der Waals surface area contributed by atoms with Crippen LogP contribution in [0.1, 0.15) is 26.3 Å². The highest BCUT2D eigenvalue weighted by Gasteiger charge is 2.16. The molecule has 0 bridgehead atoms. The smallest absolute Gasteiger partial charge is 0.134 e. The van der Waals surface area contributed by atoms with Crippen molar-refractivity contribution >= 4 is 10.9 Å². The zero-order chi connectivity index (χ0) is 10.3. The lowest BCUT2D eigenvalue weighted by Crippen LogP contribution is -2.11. The monoisotopic (exact) mass is 192 g/mol. The van der Waals surface area contributed by atoms with E-state index in [0.717, 1.165) is 11.1 Å². The molecule has 74 valence electrons. The van der Waals surface area contributed by atoms with Gasteiger partial charge in [-0.15, -0.1) is 0 Å². The molecule has 2 rings (SSSR count). The van der Waals surface area contributed by atoms with Gasteiger partial charge in [0.1, 0.15) is 5.82 Å². The van der Waals surface area contributed by atoms with Gasteiger partial charge in [-0.3, -0.25) is 5.10 Å². The van der Waals surface area contributed by atoms with Gasteiger partial charge >= 0.3 is 0 Å². The van der Waals surface area contributed by atoms with Crippen molar-refractivity contribution in [2.24, 2.45) is 0 Å². The van der Waals surface area contributed by atoms with E-state index < -0.39 is 0 Å². The SMILES string of the molecule is CC(C)(C)c1cc(F)c2cn[nH]c2c1. The van der Waals surface area contributed by atoms with Crippen LogP contribution in [0.25, 0.3) is 10.9 Å². The van der Waals surface area contributed by atoms with Crippen LogP contribution in [0, 0.1) is 5.82 Å². The molecular formula is C11H13FN2. The molecule has 3 heteroatoms. The first-order chi connectivity index (χ1) is 6.48. The van der Waals surface area contributed by atoms with Gasteiger partial charge in [-0.2, -0.15) is 5.10 Å². The molecule has 0 saturated heterocycles. The maximum atomic E-state index is 13.6. The van der Waals surface area contributed by atoms with E-state index in [1.165, 1.54) is 6.20 Å². The average Bonchev–Trinajstić information content (AvgIpc) is 2.50. The summed E-state index contributed by atoms with van der Waals surface area (Å²) in [6.07, 6.45) is 1.51. The lowest BCUT2D eigenvalue weighted by Gasteiger charge is -2.18. The molecule has 0 aliphatic heterocycles. The van der Waals surface area contributed by atoms with Crippen LogP contribution in [0.15, 0.2) is 18.3 Å². The number of fused-ring (bicyclic) bond motifs is 1. The Balaban J connectivity index is 2.70. The Kier molecular flexibility index (Phi) is 1.84. The first-order valence-electron chi connectivity index (χ1n) is 4.61. The number of nitrogens with one attached hydrogen (secondary N) is 1. The predicted octanol–water partition coefficient (Wildman–Crippen LogP) is 3.00. The molecule has 0 saturated carbocycles. The first kappa shape index (κ1) is 9.19. The van der Waals surface area contributed by atoms with Crippen molar-refractivity contribution in [3.63, 3.8) is 0 Å². The van der Waals surface area contributed by atoms with Crippen LogP contribution in [0.2, 0.25) is 0 Å². The topological polar surface area (TPSA) is 28.7 Å². The van der Waals surface area contributed by atoms with E-state index in [9.17, 15) is 4.39 Å². The van der Waals surface area contributed by atoms with Crippen molar-refractivity contribution < 1.29 is 4.39 Å². The van der Waals surface area contributed by atoms with E-state index in [4.69, 9.17) is 0 Å². The Hall–Kier alpha value is -1.38. The molecule has 0 spiro atoms. The first-order valence-corrected chi connectivity index (χ1v) is 4.61. The Morgan fingerprint density at radius 3 is 2.64 bits per heavy atom. The lowest BCUT2D eigenvalue weighted by molar-refractivity contribution is 0.577. The number of nitrogens with zero attached hydrogens (tertiary/aromatic N) is 1. The molecule has 0 unspecified atom stereocenters. The van der Waals surface area contributed by atoms with E-state index >= 15 is 0 Å². The number of H-pyrrole nitrogens is 1. The van der Waals surface area contributed by atoms with Crippen molar-refractivity contribution in [1.29, 1.82) is 0 Å². The number of aromatic amines is 1. The molecule has 14 heavy (non-hydrogen) atoms. The number of benzene rings is 1. The predicted molar refractivity (Wildman–Crippen MR) is 54.8 cm³/mol. The maximum Gasteiger partial charge on any atom is 0.134 e. The quantitative estimate of drug-likeness (QED) is 0.683. The molecule has 2 nitrogen and oxygen atoms in total. The molecule has 0 atom stereocenters. The summed E-state index contributed by atoms with van der Waals surface area (Å²) in [5.74, 6) is -0.207. The van der Waals surface area contributed by atoms with Gasteiger partial charge in [-0.25, -0.2) is 4.39 Å². The zero-order valence-electron chi connectivity index (χ0n) is 8.56. The van der Waals surface area contributed by atoms with Gasteiger partial charge in [0.15, 0.2) is 0 Å². The highest BCUT2D eigenvalue weighted by atomic mass is 19.1. The summed E-state index contributed by atoms with van der Waals surface area (Å²) in [5, 5.41) is 7.16. The molecule has 0 amide bonds. The van der Waals surface area contributed by atoms with Gasteiger partial charge in [-0.1, -0.05) is 20.8 Å². The maximum absolute atomic E-state index is 13.6. The summed E-state index contributed by atoms with van der Waals surface area (Å²) in [4.78, 5) is 0. The van der Waals surface area contributed by atoms with Crippen molar-refractivity contribution in [2.75, 3.05) is 0 Å². The number of hydrogen-bond acceptors (Lipinski definition) is 1. The van der Waals surface area contributed by atoms with Gasteiger partial charge in [0, 0.05) is 0 Å². The second-order valence-corrected chi connectivity index (χ2v) is 4.54.